The van der Waals surface area contributed by atoms with Gasteiger partial charge in [-0.05, 0) is 23.6 Å². The van der Waals surface area contributed by atoms with Crippen molar-refractivity contribution >= 4 is 29.6 Å². The molecule has 1 aromatic rings. The summed E-state index contributed by atoms with van der Waals surface area (Å²) in [4.78, 5) is 22.4. The first-order valence-electron chi connectivity index (χ1n) is 6.61. The van der Waals surface area contributed by atoms with E-state index in [1.807, 2.05) is 32.0 Å². The number of carbonyl (C=O) groups excluding carboxylic acids is 2. The Morgan fingerprint density at radius 1 is 1.10 bits per heavy atom. The molecule has 114 valence electrons. The lowest BCUT2D eigenvalue weighted by atomic mass is 9.99. The van der Waals surface area contributed by atoms with E-state index in [0.29, 0.717) is 10.6 Å². The number of carbonyl (C=O) groups is 2. The fraction of sp³-hybridized carbons (Fsp3) is 0.375. The molecule has 0 aromatic heterocycles. The predicted molar refractivity (Wildman–Crippen MR) is 81.6 cm³/mol. The van der Waals surface area contributed by atoms with Crippen LogP contribution in [-0.2, 0) is 19.1 Å². The van der Waals surface area contributed by atoms with Crippen LogP contribution in [0.3, 0.4) is 0 Å². The van der Waals surface area contributed by atoms with E-state index in [2.05, 4.69) is 0 Å². The molecule has 1 rings (SSSR count). The summed E-state index contributed by atoms with van der Waals surface area (Å²) in [6, 6.07) is 7.27. The van der Waals surface area contributed by atoms with Gasteiger partial charge in [0.2, 0.25) is 0 Å². The lowest BCUT2D eigenvalue weighted by molar-refractivity contribution is -0.178. The van der Waals surface area contributed by atoms with Gasteiger partial charge in [0.1, 0.15) is 0 Å². The number of halogens is 1. The average molecular weight is 311 g/mol. The molecular formula is C16H19ClO4. The second-order valence-electron chi connectivity index (χ2n) is 4.87. The highest BCUT2D eigenvalue weighted by molar-refractivity contribution is 6.32. The number of ether oxygens (including phenoxy) is 2. The van der Waals surface area contributed by atoms with Crippen LogP contribution in [0, 0.1) is 5.92 Å². The molecule has 0 atom stereocenters. The molecule has 0 fully saturated rings. The minimum Gasteiger partial charge on any atom is -0.421 e. The molecule has 0 radical (unpaired) electrons. The topological polar surface area (TPSA) is 52.6 Å². The molecular weight excluding hydrogens is 292 g/mol. The highest BCUT2D eigenvalue weighted by atomic mass is 35.5. The van der Waals surface area contributed by atoms with E-state index in [9.17, 15) is 9.59 Å². The molecule has 0 spiro atoms. The third-order valence-electron chi connectivity index (χ3n) is 2.71. The molecule has 4 nitrogen and oxygen atoms in total. The van der Waals surface area contributed by atoms with Crippen molar-refractivity contribution in [3.05, 3.63) is 40.4 Å². The molecule has 0 aliphatic rings. The number of hydrogen-bond donors (Lipinski definition) is 0. The summed E-state index contributed by atoms with van der Waals surface area (Å²) in [5.41, 5.74) is 1.43. The summed E-state index contributed by atoms with van der Waals surface area (Å²) >= 11 is 6.13. The summed E-state index contributed by atoms with van der Waals surface area (Å²) in [7, 11) is 0. The molecule has 0 saturated carbocycles. The van der Waals surface area contributed by atoms with Crippen molar-refractivity contribution in [1.82, 2.24) is 0 Å². The average Bonchev–Trinajstić information content (AvgIpc) is 2.35. The lowest BCUT2D eigenvalue weighted by Crippen LogP contribution is -2.26. The molecule has 0 bridgehead atoms. The van der Waals surface area contributed by atoms with Crippen molar-refractivity contribution in [3.63, 3.8) is 0 Å². The number of hydrogen-bond acceptors (Lipinski definition) is 4. The minimum atomic E-state index is -1.05. The van der Waals surface area contributed by atoms with E-state index in [0.717, 1.165) is 5.56 Å². The molecule has 21 heavy (non-hydrogen) atoms. The van der Waals surface area contributed by atoms with Crippen LogP contribution in [0.15, 0.2) is 29.8 Å². The second kappa shape index (κ2) is 7.84. The van der Waals surface area contributed by atoms with Crippen molar-refractivity contribution in [3.8, 4) is 0 Å². The van der Waals surface area contributed by atoms with Gasteiger partial charge in [-0.25, -0.2) is 0 Å². The largest absolute Gasteiger partial charge is 0.421 e. The quantitative estimate of drug-likeness (QED) is 0.612. The maximum absolute atomic E-state index is 11.2. The monoisotopic (exact) mass is 310 g/mol. The third-order valence-corrected chi connectivity index (χ3v) is 3.06. The van der Waals surface area contributed by atoms with Gasteiger partial charge in [-0.15, -0.1) is 0 Å². The lowest BCUT2D eigenvalue weighted by Gasteiger charge is -2.22. The first kappa shape index (κ1) is 17.2. The van der Waals surface area contributed by atoms with E-state index in [1.165, 1.54) is 13.8 Å². The molecule has 5 heteroatoms. The zero-order valence-electron chi connectivity index (χ0n) is 12.6. The fourth-order valence-corrected chi connectivity index (χ4v) is 1.93. The van der Waals surface area contributed by atoms with Crippen LogP contribution >= 0.6 is 11.6 Å². The van der Waals surface area contributed by atoms with E-state index in [1.54, 1.807) is 12.1 Å². The van der Waals surface area contributed by atoms with Crippen LogP contribution in [-0.4, -0.2) is 18.2 Å². The highest BCUT2D eigenvalue weighted by Crippen LogP contribution is 2.25. The van der Waals surface area contributed by atoms with Gasteiger partial charge in [-0.3, -0.25) is 9.59 Å². The first-order chi connectivity index (χ1) is 9.81. The van der Waals surface area contributed by atoms with Crippen molar-refractivity contribution in [1.29, 1.82) is 0 Å². The molecule has 0 aliphatic carbocycles. The standard InChI is InChI=1S/C16H19ClO4/c1-10(2)14(9-13-7-5-6-8-15(13)17)16(20-11(3)18)21-12(4)19/h5-10,16H,1-4H3. The Morgan fingerprint density at radius 3 is 2.05 bits per heavy atom. The van der Waals surface area contributed by atoms with Crippen molar-refractivity contribution in [2.45, 2.75) is 34.0 Å². The third kappa shape index (κ3) is 5.60. The van der Waals surface area contributed by atoms with Crippen LogP contribution in [0.25, 0.3) is 6.08 Å². The molecule has 0 unspecified atom stereocenters. The van der Waals surface area contributed by atoms with Gasteiger partial charge in [-0.2, -0.15) is 0 Å². The summed E-state index contributed by atoms with van der Waals surface area (Å²) < 4.78 is 10.2. The number of esters is 2. The maximum Gasteiger partial charge on any atom is 0.305 e. The maximum atomic E-state index is 11.2. The summed E-state index contributed by atoms with van der Waals surface area (Å²) in [5, 5.41) is 0.569. The van der Waals surface area contributed by atoms with Gasteiger partial charge in [0.05, 0.1) is 0 Å². The Kier molecular flexibility index (Phi) is 6.43. The van der Waals surface area contributed by atoms with Crippen LogP contribution in [0.2, 0.25) is 5.02 Å². The van der Waals surface area contributed by atoms with Gasteiger partial charge in [0, 0.05) is 24.4 Å². The van der Waals surface area contributed by atoms with Gasteiger partial charge >= 0.3 is 11.9 Å². The zero-order chi connectivity index (χ0) is 16.0. The SMILES string of the molecule is CC(=O)OC(OC(C)=O)C(=Cc1ccccc1Cl)C(C)C. The molecule has 1 aromatic carbocycles. The van der Waals surface area contributed by atoms with Gasteiger partial charge in [0.15, 0.2) is 0 Å². The molecule has 0 N–H and O–H groups in total. The summed E-state index contributed by atoms with van der Waals surface area (Å²) in [5.74, 6) is -1.04. The smallest absolute Gasteiger partial charge is 0.305 e. The Hall–Kier alpha value is -1.81. The molecule has 0 heterocycles. The van der Waals surface area contributed by atoms with Crippen molar-refractivity contribution in [2.75, 3.05) is 0 Å². The number of benzene rings is 1. The highest BCUT2D eigenvalue weighted by Gasteiger charge is 2.23. The van der Waals surface area contributed by atoms with E-state index < -0.39 is 18.2 Å². The molecule has 0 saturated heterocycles. The summed E-state index contributed by atoms with van der Waals surface area (Å²) in [6.45, 7) is 6.37. The molecule has 0 aliphatic heterocycles. The van der Waals surface area contributed by atoms with Crippen molar-refractivity contribution in [2.24, 2.45) is 5.92 Å². The van der Waals surface area contributed by atoms with Crippen LogP contribution < -0.4 is 0 Å². The first-order valence-corrected chi connectivity index (χ1v) is 6.99. The van der Waals surface area contributed by atoms with Crippen LogP contribution in [0.1, 0.15) is 33.3 Å². The van der Waals surface area contributed by atoms with E-state index >= 15 is 0 Å². The summed E-state index contributed by atoms with van der Waals surface area (Å²) in [6.07, 6.45) is 0.736. The Labute approximate surface area is 129 Å². The van der Waals surface area contributed by atoms with Gasteiger partial charge < -0.3 is 9.47 Å². The Morgan fingerprint density at radius 2 is 1.62 bits per heavy atom. The Balaban J connectivity index is 3.20. The molecule has 0 amide bonds. The number of rotatable bonds is 5. The van der Waals surface area contributed by atoms with Crippen molar-refractivity contribution < 1.29 is 19.1 Å². The van der Waals surface area contributed by atoms with Gasteiger partial charge in [0.25, 0.3) is 6.29 Å². The normalized spacial score (nSPS) is 11.7. The predicted octanol–water partition coefficient (Wildman–Crippen LogP) is 3.83. The van der Waals surface area contributed by atoms with Gasteiger partial charge in [-0.1, -0.05) is 43.6 Å². The van der Waals surface area contributed by atoms with Crippen LogP contribution in [0.5, 0.6) is 0 Å². The van der Waals surface area contributed by atoms with Crippen LogP contribution in [0.4, 0.5) is 0 Å². The zero-order valence-corrected chi connectivity index (χ0v) is 13.3. The second-order valence-corrected chi connectivity index (χ2v) is 5.28. The van der Waals surface area contributed by atoms with E-state index in [4.69, 9.17) is 21.1 Å². The minimum absolute atomic E-state index is 0.00460. The fourth-order valence-electron chi connectivity index (χ4n) is 1.74. The van der Waals surface area contributed by atoms with E-state index in [-0.39, 0.29) is 5.92 Å². The Bertz CT molecular complexity index is 533.